The number of carbonyl (C=O) groups excluding carboxylic acids is 2. The minimum absolute atomic E-state index is 0.205. The summed E-state index contributed by atoms with van der Waals surface area (Å²) in [7, 11) is 0. The number of aryl methyl sites for hydroxylation is 1. The van der Waals surface area contributed by atoms with Gasteiger partial charge < -0.3 is 0 Å². The summed E-state index contributed by atoms with van der Waals surface area (Å²) in [6, 6.07) is 4.58. The van der Waals surface area contributed by atoms with Crippen molar-refractivity contribution in [2.75, 3.05) is 0 Å². The maximum Gasteiger partial charge on any atom is 0.263 e. The van der Waals surface area contributed by atoms with Gasteiger partial charge in [0.1, 0.15) is 11.9 Å². The molecule has 2 amide bonds. The minimum Gasteiger partial charge on any atom is -0.295 e. The van der Waals surface area contributed by atoms with E-state index >= 15 is 0 Å². The number of imide groups is 1. The Hall–Kier alpha value is -2.94. The van der Waals surface area contributed by atoms with Gasteiger partial charge in [0.2, 0.25) is 11.8 Å². The minimum atomic E-state index is -0.722. The molecule has 0 radical (unpaired) electrons. The van der Waals surface area contributed by atoms with Crippen LogP contribution in [0.15, 0.2) is 23.0 Å². The van der Waals surface area contributed by atoms with Gasteiger partial charge in [0.05, 0.1) is 10.9 Å². The molecule has 2 aromatic rings. The van der Waals surface area contributed by atoms with E-state index in [0.29, 0.717) is 28.7 Å². The van der Waals surface area contributed by atoms with Gasteiger partial charge in [-0.2, -0.15) is 0 Å². The second kappa shape index (κ2) is 5.69. The molecule has 3 rings (SSSR count). The lowest BCUT2D eigenvalue weighted by Crippen LogP contribution is -2.45. The first-order chi connectivity index (χ1) is 11.0. The van der Waals surface area contributed by atoms with E-state index in [0.717, 1.165) is 0 Å². The van der Waals surface area contributed by atoms with E-state index in [1.54, 1.807) is 32.0 Å². The van der Waals surface area contributed by atoms with Gasteiger partial charge >= 0.3 is 0 Å². The van der Waals surface area contributed by atoms with E-state index < -0.39 is 11.9 Å². The normalized spacial score (nSPS) is 17.6. The Morgan fingerprint density at radius 3 is 2.78 bits per heavy atom. The molecule has 1 atom stereocenters. The molecule has 1 fully saturated rings. The largest absolute Gasteiger partial charge is 0.295 e. The lowest BCUT2D eigenvalue weighted by molar-refractivity contribution is -0.135. The first-order valence-corrected chi connectivity index (χ1v) is 7.31. The number of fused-ring (bicyclic) bond motifs is 1. The molecule has 23 heavy (non-hydrogen) atoms. The van der Waals surface area contributed by atoms with Crippen LogP contribution in [-0.2, 0) is 9.59 Å². The van der Waals surface area contributed by atoms with E-state index in [1.807, 2.05) is 0 Å². The number of benzene rings is 1. The van der Waals surface area contributed by atoms with Crippen LogP contribution in [0.3, 0.4) is 0 Å². The van der Waals surface area contributed by atoms with Gasteiger partial charge in [-0.1, -0.05) is 12.0 Å². The Morgan fingerprint density at radius 2 is 2.09 bits per heavy atom. The Labute approximate surface area is 132 Å². The fourth-order valence-electron chi connectivity index (χ4n) is 2.89. The third-order valence-electron chi connectivity index (χ3n) is 3.89. The molecule has 6 nitrogen and oxygen atoms in total. The Morgan fingerprint density at radius 1 is 1.30 bits per heavy atom. The van der Waals surface area contributed by atoms with Crippen LogP contribution in [0.4, 0.5) is 0 Å². The average Bonchev–Trinajstić information content (AvgIpc) is 2.49. The van der Waals surface area contributed by atoms with Gasteiger partial charge in [-0.25, -0.2) is 4.98 Å². The van der Waals surface area contributed by atoms with Crippen LogP contribution in [0.2, 0.25) is 0 Å². The van der Waals surface area contributed by atoms with Crippen LogP contribution in [0.5, 0.6) is 0 Å². The zero-order valence-electron chi connectivity index (χ0n) is 12.8. The number of rotatable bonds is 1. The third kappa shape index (κ3) is 2.50. The monoisotopic (exact) mass is 309 g/mol. The van der Waals surface area contributed by atoms with Gasteiger partial charge in [-0.05, 0) is 32.4 Å². The first-order valence-electron chi connectivity index (χ1n) is 7.31. The molecule has 1 aromatic carbocycles. The van der Waals surface area contributed by atoms with E-state index in [2.05, 4.69) is 22.1 Å². The molecule has 0 bridgehead atoms. The van der Waals surface area contributed by atoms with Crippen LogP contribution in [0, 0.1) is 18.8 Å². The van der Waals surface area contributed by atoms with Crippen molar-refractivity contribution in [2.24, 2.45) is 0 Å². The molecule has 1 N–H and O–H groups in total. The summed E-state index contributed by atoms with van der Waals surface area (Å²) in [6.07, 6.45) is 0.497. The first kappa shape index (κ1) is 15.0. The molecule has 1 aliphatic heterocycles. The van der Waals surface area contributed by atoms with E-state index in [-0.39, 0.29) is 17.9 Å². The van der Waals surface area contributed by atoms with Crippen molar-refractivity contribution in [3.8, 4) is 11.8 Å². The van der Waals surface area contributed by atoms with Crippen LogP contribution >= 0.6 is 0 Å². The van der Waals surface area contributed by atoms with Crippen LogP contribution in [-0.4, -0.2) is 21.4 Å². The standard InChI is InChI=1S/C17H15N3O3/c1-3-5-11-6-4-7-12-15(11)17(23)20(10(2)18-12)13-8-9-14(21)19-16(13)22/h4,6-7,13H,8-9H2,1-2H3,(H,19,21,22). The number of nitrogens with zero attached hydrogens (tertiary/aromatic N) is 2. The summed E-state index contributed by atoms with van der Waals surface area (Å²) >= 11 is 0. The van der Waals surface area contributed by atoms with Gasteiger partial charge in [-0.15, -0.1) is 5.92 Å². The zero-order chi connectivity index (χ0) is 16.6. The van der Waals surface area contributed by atoms with Crippen molar-refractivity contribution in [3.05, 3.63) is 39.9 Å². The number of hydrogen-bond donors (Lipinski definition) is 1. The summed E-state index contributed by atoms with van der Waals surface area (Å²) in [5.74, 6) is 5.34. The van der Waals surface area contributed by atoms with E-state index in [1.165, 1.54) is 4.57 Å². The number of piperidine rings is 1. The van der Waals surface area contributed by atoms with Crippen LogP contribution in [0.1, 0.15) is 37.2 Å². The molecular formula is C17H15N3O3. The predicted octanol–water partition coefficient (Wildman–Crippen LogP) is 1.05. The second-order valence-corrected chi connectivity index (χ2v) is 5.38. The molecule has 0 saturated carbocycles. The average molecular weight is 309 g/mol. The van der Waals surface area contributed by atoms with Crippen molar-refractivity contribution in [3.63, 3.8) is 0 Å². The highest BCUT2D eigenvalue weighted by atomic mass is 16.2. The topological polar surface area (TPSA) is 81.1 Å². The van der Waals surface area contributed by atoms with Gasteiger partial charge in [0, 0.05) is 12.0 Å². The summed E-state index contributed by atoms with van der Waals surface area (Å²) in [4.78, 5) is 40.8. The SMILES string of the molecule is CC#Cc1cccc2nc(C)n(C3CCC(=O)NC3=O)c(=O)c12. The highest BCUT2D eigenvalue weighted by molar-refractivity contribution is 5.99. The fraction of sp³-hybridized carbons (Fsp3) is 0.294. The zero-order valence-corrected chi connectivity index (χ0v) is 12.8. The maximum absolute atomic E-state index is 13.0. The number of amides is 2. The molecular weight excluding hydrogens is 294 g/mol. The van der Waals surface area contributed by atoms with E-state index in [4.69, 9.17) is 0 Å². The lowest BCUT2D eigenvalue weighted by atomic mass is 10.0. The highest BCUT2D eigenvalue weighted by Gasteiger charge is 2.30. The van der Waals surface area contributed by atoms with Gasteiger partial charge in [0.25, 0.3) is 5.56 Å². The summed E-state index contributed by atoms with van der Waals surface area (Å²) < 4.78 is 1.37. The quantitative estimate of drug-likeness (QED) is 0.631. The van der Waals surface area contributed by atoms with Gasteiger partial charge in [-0.3, -0.25) is 24.3 Å². The predicted molar refractivity (Wildman–Crippen MR) is 84.7 cm³/mol. The summed E-state index contributed by atoms with van der Waals surface area (Å²) in [5.41, 5.74) is 0.834. The second-order valence-electron chi connectivity index (χ2n) is 5.38. The molecule has 1 aromatic heterocycles. The third-order valence-corrected chi connectivity index (χ3v) is 3.89. The number of carbonyl (C=O) groups is 2. The Balaban J connectivity index is 2.27. The van der Waals surface area contributed by atoms with Crippen LogP contribution in [0.25, 0.3) is 10.9 Å². The Kier molecular flexibility index (Phi) is 3.70. The molecule has 1 unspecified atom stereocenters. The molecule has 0 aliphatic carbocycles. The number of nitrogens with one attached hydrogen (secondary N) is 1. The number of hydrogen-bond acceptors (Lipinski definition) is 4. The molecule has 2 heterocycles. The highest BCUT2D eigenvalue weighted by Crippen LogP contribution is 2.20. The molecule has 1 aliphatic rings. The van der Waals surface area contributed by atoms with Crippen molar-refractivity contribution >= 4 is 22.7 Å². The smallest absolute Gasteiger partial charge is 0.263 e. The van der Waals surface area contributed by atoms with Crippen molar-refractivity contribution in [1.29, 1.82) is 0 Å². The summed E-state index contributed by atoms with van der Waals surface area (Å²) in [6.45, 7) is 3.38. The van der Waals surface area contributed by atoms with E-state index in [9.17, 15) is 14.4 Å². The lowest BCUT2D eigenvalue weighted by Gasteiger charge is -2.24. The Bertz CT molecular complexity index is 947. The molecule has 6 heteroatoms. The van der Waals surface area contributed by atoms with Gasteiger partial charge in [0.15, 0.2) is 0 Å². The fourth-order valence-corrected chi connectivity index (χ4v) is 2.89. The summed E-state index contributed by atoms with van der Waals surface area (Å²) in [5, 5.41) is 2.68. The van der Waals surface area contributed by atoms with Crippen LogP contribution < -0.4 is 10.9 Å². The van der Waals surface area contributed by atoms with Crippen molar-refractivity contribution < 1.29 is 9.59 Å². The number of aromatic nitrogens is 2. The molecule has 1 saturated heterocycles. The van der Waals surface area contributed by atoms with Crippen molar-refractivity contribution in [1.82, 2.24) is 14.9 Å². The van der Waals surface area contributed by atoms with Crippen molar-refractivity contribution in [2.45, 2.75) is 32.7 Å². The maximum atomic E-state index is 13.0. The molecule has 0 spiro atoms. The molecule has 116 valence electrons.